The molecule has 7 nitrogen and oxygen atoms in total. The van der Waals surface area contributed by atoms with Crippen LogP contribution in [0.25, 0.3) is 0 Å². The van der Waals surface area contributed by atoms with Crippen molar-refractivity contribution in [3.63, 3.8) is 0 Å². The van der Waals surface area contributed by atoms with E-state index in [1.165, 1.54) is 10.5 Å². The van der Waals surface area contributed by atoms with Crippen LogP contribution in [0.2, 0.25) is 0 Å². The van der Waals surface area contributed by atoms with E-state index in [1.807, 2.05) is 12.1 Å². The highest BCUT2D eigenvalue weighted by atomic mass is 19.4. The number of rotatable bonds is 2. The third-order valence-electron chi connectivity index (χ3n) is 5.82. The summed E-state index contributed by atoms with van der Waals surface area (Å²) in [6, 6.07) is 5.63. The van der Waals surface area contributed by atoms with Crippen LogP contribution in [0.15, 0.2) is 28.4 Å². The number of nitrogens with one attached hydrogen (secondary N) is 1. The summed E-state index contributed by atoms with van der Waals surface area (Å²) in [6.07, 6.45) is -6.74. The highest BCUT2D eigenvalue weighted by Crippen LogP contribution is 2.51. The van der Waals surface area contributed by atoms with Gasteiger partial charge in [-0.05, 0) is 55.5 Å². The lowest BCUT2D eigenvalue weighted by Gasteiger charge is -2.35. The van der Waals surface area contributed by atoms with Gasteiger partial charge in [0.1, 0.15) is 0 Å². The molecule has 3 aliphatic heterocycles. The van der Waals surface area contributed by atoms with E-state index >= 15 is 0 Å². The number of likely N-dealkylation sites (tertiary alicyclic amines) is 1. The number of carboxylic acid groups (broad SMARTS) is 1. The number of amides is 1. The minimum Gasteiger partial charge on any atom is -0.475 e. The molecule has 1 amide bonds. The molecule has 2 N–H and O–H groups in total. The van der Waals surface area contributed by atoms with Gasteiger partial charge in [-0.1, -0.05) is 6.07 Å². The fraction of sp³-hybridized carbons (Fsp3) is 0.600. The molecule has 4 rings (SSSR count). The number of hydrogen-bond donors (Lipinski definition) is 2. The smallest absolute Gasteiger partial charge is 0.475 e. The van der Waals surface area contributed by atoms with Crippen molar-refractivity contribution in [2.75, 3.05) is 19.6 Å². The average Bonchev–Trinajstić information content (AvgIpc) is 3.57. The second-order valence-electron chi connectivity index (χ2n) is 8.08. The molecule has 182 valence electrons. The van der Waals surface area contributed by atoms with Crippen molar-refractivity contribution >= 4 is 11.9 Å². The molecule has 1 aromatic rings. The fourth-order valence-corrected chi connectivity index (χ4v) is 4.03. The van der Waals surface area contributed by atoms with E-state index in [0.717, 1.165) is 31.5 Å². The number of nitrogens with zero attached hydrogens (tertiary/aromatic N) is 3. The molecule has 0 bridgehead atoms. The Morgan fingerprint density at radius 2 is 1.76 bits per heavy atom. The lowest BCUT2D eigenvalue weighted by molar-refractivity contribution is -0.192. The normalized spacial score (nSPS) is 21.9. The number of fused-ring (bicyclic) bond motifs is 1. The summed E-state index contributed by atoms with van der Waals surface area (Å²) in [4.78, 5) is 23.3. The van der Waals surface area contributed by atoms with Gasteiger partial charge in [0, 0.05) is 31.1 Å². The van der Waals surface area contributed by atoms with E-state index in [4.69, 9.17) is 9.90 Å². The van der Waals surface area contributed by atoms with E-state index in [1.54, 1.807) is 6.07 Å². The second kappa shape index (κ2) is 9.27. The Hall–Kier alpha value is -2.70. The molecule has 1 saturated heterocycles. The number of alkyl halides is 6. The Balaban J connectivity index is 0.000000383. The van der Waals surface area contributed by atoms with Gasteiger partial charge in [-0.2, -0.15) is 26.3 Å². The van der Waals surface area contributed by atoms with Crippen LogP contribution in [0.1, 0.15) is 40.7 Å². The van der Waals surface area contributed by atoms with Gasteiger partial charge in [0.15, 0.2) is 0 Å². The van der Waals surface area contributed by atoms with Crippen LogP contribution < -0.4 is 5.32 Å². The largest absolute Gasteiger partial charge is 0.490 e. The molecule has 3 aliphatic rings. The standard InChI is InChI=1S/C18H21F3N4O.C2HF3O2/c19-18(20,21)17(23-24-17)15-4-2-8-25(11-15)16(26)13-5-6-14-10-22-7-1-3-12(14)9-13;3-2(4,5)1(6)7/h5-6,9,15,22H,1-4,7-8,10-11H2;(H,6,7). The van der Waals surface area contributed by atoms with Crippen LogP contribution in [0.5, 0.6) is 0 Å². The lowest BCUT2D eigenvalue weighted by Crippen LogP contribution is -2.50. The van der Waals surface area contributed by atoms with E-state index < -0.39 is 29.9 Å². The van der Waals surface area contributed by atoms with Crippen molar-refractivity contribution < 1.29 is 41.0 Å². The summed E-state index contributed by atoms with van der Waals surface area (Å²) in [5, 5.41) is 17.1. The van der Waals surface area contributed by atoms with Crippen LogP contribution in [0.3, 0.4) is 0 Å². The lowest BCUT2D eigenvalue weighted by atomic mass is 9.87. The van der Waals surface area contributed by atoms with Crippen molar-refractivity contribution in [3.8, 4) is 0 Å². The van der Waals surface area contributed by atoms with Crippen LogP contribution in [-0.2, 0) is 17.8 Å². The van der Waals surface area contributed by atoms with E-state index in [9.17, 15) is 31.1 Å². The number of carboxylic acids is 1. The van der Waals surface area contributed by atoms with Gasteiger partial charge in [-0.25, -0.2) is 4.79 Å². The molecule has 1 fully saturated rings. The van der Waals surface area contributed by atoms with Crippen molar-refractivity contribution in [3.05, 3.63) is 34.9 Å². The van der Waals surface area contributed by atoms with Gasteiger partial charge < -0.3 is 15.3 Å². The number of piperidine rings is 1. The zero-order chi connectivity index (χ0) is 24.4. The Bertz CT molecular complexity index is 925. The Kier molecular flexibility index (Phi) is 7.01. The zero-order valence-electron chi connectivity index (χ0n) is 17.3. The highest BCUT2D eigenvalue weighted by molar-refractivity contribution is 5.94. The van der Waals surface area contributed by atoms with E-state index in [0.29, 0.717) is 24.9 Å². The Labute approximate surface area is 184 Å². The quantitative estimate of drug-likeness (QED) is 0.628. The summed E-state index contributed by atoms with van der Waals surface area (Å²) >= 11 is 0. The fourth-order valence-electron chi connectivity index (χ4n) is 4.03. The molecule has 0 radical (unpaired) electrons. The molecule has 0 spiro atoms. The zero-order valence-corrected chi connectivity index (χ0v) is 17.3. The molecule has 1 aromatic carbocycles. The molecule has 33 heavy (non-hydrogen) atoms. The predicted octanol–water partition coefficient (Wildman–Crippen LogP) is 3.93. The summed E-state index contributed by atoms with van der Waals surface area (Å²) in [5.41, 5.74) is 0.596. The summed E-state index contributed by atoms with van der Waals surface area (Å²) < 4.78 is 71.5. The van der Waals surface area contributed by atoms with Crippen LogP contribution in [0.4, 0.5) is 26.3 Å². The monoisotopic (exact) mass is 480 g/mol. The first-order valence-electron chi connectivity index (χ1n) is 10.3. The maximum atomic E-state index is 13.3. The Morgan fingerprint density at radius 3 is 2.33 bits per heavy atom. The van der Waals surface area contributed by atoms with Gasteiger partial charge in [0.05, 0.1) is 0 Å². The minimum atomic E-state index is -5.08. The number of aliphatic carboxylic acids is 1. The molecule has 0 saturated carbocycles. The number of halogens is 6. The molecule has 3 heterocycles. The maximum Gasteiger partial charge on any atom is 0.490 e. The van der Waals surface area contributed by atoms with Gasteiger partial charge in [0.2, 0.25) is 0 Å². The first-order valence-corrected chi connectivity index (χ1v) is 10.3. The highest BCUT2D eigenvalue weighted by Gasteiger charge is 2.68. The van der Waals surface area contributed by atoms with Crippen LogP contribution in [0, 0.1) is 5.92 Å². The first kappa shape index (κ1) is 24.9. The van der Waals surface area contributed by atoms with Gasteiger partial charge >= 0.3 is 18.3 Å². The minimum absolute atomic E-state index is 0.0456. The second-order valence-corrected chi connectivity index (χ2v) is 8.08. The third-order valence-corrected chi connectivity index (χ3v) is 5.82. The molecule has 1 unspecified atom stereocenters. The van der Waals surface area contributed by atoms with Crippen molar-refractivity contribution in [2.45, 2.75) is 50.2 Å². The van der Waals surface area contributed by atoms with Crippen molar-refractivity contribution in [1.82, 2.24) is 10.2 Å². The third kappa shape index (κ3) is 5.63. The van der Waals surface area contributed by atoms with Crippen molar-refractivity contribution in [2.24, 2.45) is 16.1 Å². The Morgan fingerprint density at radius 1 is 1.09 bits per heavy atom. The number of benzene rings is 1. The number of carbonyl (C=O) groups excluding carboxylic acids is 1. The molecule has 1 atom stereocenters. The van der Waals surface area contributed by atoms with Crippen LogP contribution >= 0.6 is 0 Å². The molecular formula is C20H22F6N4O3. The summed E-state index contributed by atoms with van der Waals surface area (Å²) in [7, 11) is 0. The van der Waals surface area contributed by atoms with Crippen LogP contribution in [-0.4, -0.2) is 59.5 Å². The molecule has 0 aliphatic carbocycles. The molecule has 13 heteroatoms. The van der Waals surface area contributed by atoms with Gasteiger partial charge in [-0.3, -0.25) is 4.79 Å². The van der Waals surface area contributed by atoms with Gasteiger partial charge in [0.25, 0.3) is 11.6 Å². The molecular weight excluding hydrogens is 458 g/mol. The summed E-state index contributed by atoms with van der Waals surface area (Å²) in [5.74, 6) is -3.74. The predicted molar refractivity (Wildman–Crippen MR) is 102 cm³/mol. The number of hydrogen-bond acceptors (Lipinski definition) is 5. The van der Waals surface area contributed by atoms with Gasteiger partial charge in [-0.15, -0.1) is 10.2 Å². The van der Waals surface area contributed by atoms with E-state index in [-0.39, 0.29) is 12.5 Å². The molecule has 0 aromatic heterocycles. The SMILES string of the molecule is O=C(O)C(F)(F)F.O=C(c1ccc2c(c1)CCCNC2)N1CCCC(C2(C(F)(F)F)N=N2)C1. The average molecular weight is 480 g/mol. The maximum absolute atomic E-state index is 13.3. The number of aryl methyl sites for hydroxylation is 1. The topological polar surface area (TPSA) is 94.4 Å². The summed E-state index contributed by atoms with van der Waals surface area (Å²) in [6.45, 7) is 2.25. The van der Waals surface area contributed by atoms with E-state index in [2.05, 4.69) is 15.5 Å². The first-order chi connectivity index (χ1) is 15.3. The number of carbonyl (C=O) groups is 2. The van der Waals surface area contributed by atoms with Crippen molar-refractivity contribution in [1.29, 1.82) is 0 Å².